The van der Waals surface area contributed by atoms with E-state index in [9.17, 15) is 14.7 Å². The summed E-state index contributed by atoms with van der Waals surface area (Å²) < 4.78 is 10.1. The van der Waals surface area contributed by atoms with Crippen molar-refractivity contribution in [3.63, 3.8) is 0 Å². The van der Waals surface area contributed by atoms with Crippen LogP contribution in [0.1, 0.15) is 38.2 Å². The van der Waals surface area contributed by atoms with E-state index in [1.165, 1.54) is 0 Å². The lowest BCUT2D eigenvalue weighted by molar-refractivity contribution is -0.148. The molecule has 1 rings (SSSR count). The first kappa shape index (κ1) is 19.8. The van der Waals surface area contributed by atoms with Crippen LogP contribution in [0.4, 0.5) is 4.79 Å². The SMILES string of the molecule is CCCCC[C@@H](NC(=O)OCc1ccc(OC)cc1)[C@@H](O)C(=O)O. The van der Waals surface area contributed by atoms with Crippen LogP contribution in [0.3, 0.4) is 0 Å². The van der Waals surface area contributed by atoms with Gasteiger partial charge in [0.25, 0.3) is 0 Å². The highest BCUT2D eigenvalue weighted by Gasteiger charge is 2.27. The van der Waals surface area contributed by atoms with Crippen molar-refractivity contribution in [2.45, 2.75) is 51.4 Å². The van der Waals surface area contributed by atoms with Gasteiger partial charge in [0.05, 0.1) is 13.2 Å². The van der Waals surface area contributed by atoms with E-state index in [2.05, 4.69) is 5.32 Å². The number of carbonyl (C=O) groups excluding carboxylic acids is 1. The first-order chi connectivity index (χ1) is 11.5. The molecule has 0 aliphatic rings. The molecule has 0 unspecified atom stereocenters. The number of benzene rings is 1. The van der Waals surface area contributed by atoms with Crippen LogP contribution in [-0.2, 0) is 16.1 Å². The summed E-state index contributed by atoms with van der Waals surface area (Å²) in [5, 5.41) is 21.1. The number of aliphatic hydroxyl groups is 1. The molecule has 1 amide bonds. The molecule has 24 heavy (non-hydrogen) atoms. The summed E-state index contributed by atoms with van der Waals surface area (Å²) in [6, 6.07) is 6.14. The minimum atomic E-state index is -1.66. The molecule has 0 aliphatic heterocycles. The minimum Gasteiger partial charge on any atom is -0.497 e. The Hall–Kier alpha value is -2.28. The van der Waals surface area contributed by atoms with Gasteiger partial charge < -0.3 is 25.0 Å². The number of rotatable bonds is 10. The molecule has 0 fully saturated rings. The number of methoxy groups -OCH3 is 1. The second-order valence-electron chi connectivity index (χ2n) is 5.45. The zero-order chi connectivity index (χ0) is 17.9. The van der Waals surface area contributed by atoms with Crippen molar-refractivity contribution < 1.29 is 29.3 Å². The van der Waals surface area contributed by atoms with Gasteiger partial charge in [-0.05, 0) is 24.1 Å². The van der Waals surface area contributed by atoms with Crippen LogP contribution in [-0.4, -0.2) is 41.5 Å². The topological polar surface area (TPSA) is 105 Å². The summed E-state index contributed by atoms with van der Waals surface area (Å²) in [6.07, 6.45) is 0.523. The Morgan fingerprint density at radius 3 is 2.42 bits per heavy atom. The smallest absolute Gasteiger partial charge is 0.407 e. The maximum Gasteiger partial charge on any atom is 0.407 e. The molecule has 0 saturated carbocycles. The van der Waals surface area contributed by atoms with Crippen LogP contribution in [0, 0.1) is 0 Å². The highest BCUT2D eigenvalue weighted by atomic mass is 16.5. The number of alkyl carbamates (subject to hydrolysis) is 1. The number of carbonyl (C=O) groups is 2. The summed E-state index contributed by atoms with van der Waals surface area (Å²) in [5.41, 5.74) is 0.771. The van der Waals surface area contributed by atoms with E-state index in [4.69, 9.17) is 14.6 Å². The highest BCUT2D eigenvalue weighted by Crippen LogP contribution is 2.12. The molecule has 0 heterocycles. The molecule has 0 bridgehead atoms. The Morgan fingerprint density at radius 1 is 1.21 bits per heavy atom. The van der Waals surface area contributed by atoms with Gasteiger partial charge in [0.1, 0.15) is 12.4 Å². The maximum atomic E-state index is 11.8. The number of amides is 1. The summed E-state index contributed by atoms with van der Waals surface area (Å²) in [6.45, 7) is 2.06. The van der Waals surface area contributed by atoms with Gasteiger partial charge in [-0.2, -0.15) is 0 Å². The molecule has 7 nitrogen and oxygen atoms in total. The van der Waals surface area contributed by atoms with E-state index < -0.39 is 24.2 Å². The van der Waals surface area contributed by atoms with Gasteiger partial charge in [-0.25, -0.2) is 9.59 Å². The quantitative estimate of drug-likeness (QED) is 0.565. The minimum absolute atomic E-state index is 0.0423. The zero-order valence-corrected chi connectivity index (χ0v) is 14.0. The van der Waals surface area contributed by atoms with Crippen molar-refractivity contribution in [3.8, 4) is 5.75 Å². The van der Waals surface area contributed by atoms with Crippen LogP contribution in [0.15, 0.2) is 24.3 Å². The molecule has 3 N–H and O–H groups in total. The van der Waals surface area contributed by atoms with Crippen molar-refractivity contribution >= 4 is 12.1 Å². The van der Waals surface area contributed by atoms with Crippen molar-refractivity contribution in [2.75, 3.05) is 7.11 Å². The average Bonchev–Trinajstić information content (AvgIpc) is 2.59. The molecule has 7 heteroatoms. The number of ether oxygens (including phenoxy) is 2. The van der Waals surface area contributed by atoms with E-state index in [0.29, 0.717) is 18.6 Å². The highest BCUT2D eigenvalue weighted by molar-refractivity contribution is 5.75. The molecule has 0 aromatic heterocycles. The van der Waals surface area contributed by atoms with E-state index >= 15 is 0 Å². The molecule has 0 spiro atoms. The molecule has 0 saturated heterocycles. The van der Waals surface area contributed by atoms with Crippen LogP contribution in [0.25, 0.3) is 0 Å². The van der Waals surface area contributed by atoms with Crippen molar-refractivity contribution in [1.82, 2.24) is 5.32 Å². The number of nitrogens with one attached hydrogen (secondary N) is 1. The largest absolute Gasteiger partial charge is 0.497 e. The van der Waals surface area contributed by atoms with Crippen LogP contribution in [0.5, 0.6) is 5.75 Å². The normalized spacial score (nSPS) is 13.0. The fourth-order valence-corrected chi connectivity index (χ4v) is 2.16. The fourth-order valence-electron chi connectivity index (χ4n) is 2.16. The van der Waals surface area contributed by atoms with Crippen molar-refractivity contribution in [2.24, 2.45) is 0 Å². The number of carboxylic acid groups (broad SMARTS) is 1. The summed E-state index contributed by atoms with van der Waals surface area (Å²) in [4.78, 5) is 22.8. The lowest BCUT2D eigenvalue weighted by Gasteiger charge is -2.21. The lowest BCUT2D eigenvalue weighted by Crippen LogP contribution is -2.47. The molecular weight excluding hydrogens is 314 g/mol. The predicted octanol–water partition coefficient (Wildman–Crippen LogP) is 2.32. The number of aliphatic carboxylic acids is 1. The van der Waals surface area contributed by atoms with Gasteiger partial charge in [0.15, 0.2) is 6.10 Å². The monoisotopic (exact) mass is 339 g/mol. The van der Waals surface area contributed by atoms with Crippen LogP contribution >= 0.6 is 0 Å². The summed E-state index contributed by atoms with van der Waals surface area (Å²) in [5.74, 6) is -0.671. The number of carboxylic acids is 1. The predicted molar refractivity (Wildman–Crippen MR) is 87.9 cm³/mol. The van der Waals surface area contributed by atoms with Crippen LogP contribution < -0.4 is 10.1 Å². The van der Waals surface area contributed by atoms with Crippen LogP contribution in [0.2, 0.25) is 0 Å². The third-order valence-corrected chi connectivity index (χ3v) is 3.59. The van der Waals surface area contributed by atoms with E-state index in [-0.39, 0.29) is 6.61 Å². The van der Waals surface area contributed by atoms with Crippen molar-refractivity contribution in [1.29, 1.82) is 0 Å². The van der Waals surface area contributed by atoms with Gasteiger partial charge in [0.2, 0.25) is 0 Å². The molecule has 1 aromatic rings. The summed E-state index contributed by atoms with van der Waals surface area (Å²) in [7, 11) is 1.56. The van der Waals surface area contributed by atoms with Gasteiger partial charge in [-0.1, -0.05) is 38.3 Å². The second kappa shape index (κ2) is 10.5. The molecule has 0 radical (unpaired) electrons. The van der Waals surface area contributed by atoms with Gasteiger partial charge in [0, 0.05) is 0 Å². The Labute approximate surface area is 141 Å². The van der Waals surface area contributed by atoms with E-state index in [0.717, 1.165) is 18.4 Å². The average molecular weight is 339 g/mol. The lowest BCUT2D eigenvalue weighted by atomic mass is 10.0. The van der Waals surface area contributed by atoms with Gasteiger partial charge in [-0.3, -0.25) is 0 Å². The van der Waals surface area contributed by atoms with E-state index in [1.54, 1.807) is 31.4 Å². The number of hydrogen-bond donors (Lipinski definition) is 3. The van der Waals surface area contributed by atoms with Gasteiger partial charge in [-0.15, -0.1) is 0 Å². The van der Waals surface area contributed by atoms with E-state index in [1.807, 2.05) is 6.92 Å². The third kappa shape index (κ3) is 6.87. The van der Waals surface area contributed by atoms with Gasteiger partial charge >= 0.3 is 12.1 Å². The Morgan fingerprint density at radius 2 is 1.88 bits per heavy atom. The molecular formula is C17H25NO6. The Bertz CT molecular complexity index is 516. The molecule has 0 aliphatic carbocycles. The first-order valence-electron chi connectivity index (χ1n) is 7.95. The zero-order valence-electron chi connectivity index (χ0n) is 14.0. The molecule has 1 aromatic carbocycles. The molecule has 2 atom stereocenters. The number of aliphatic hydroxyl groups excluding tert-OH is 1. The van der Waals surface area contributed by atoms with Crippen molar-refractivity contribution in [3.05, 3.63) is 29.8 Å². The first-order valence-corrected chi connectivity index (χ1v) is 7.95. The Kier molecular flexibility index (Phi) is 8.64. The third-order valence-electron chi connectivity index (χ3n) is 3.59. The second-order valence-corrected chi connectivity index (χ2v) is 5.45. The fraction of sp³-hybridized carbons (Fsp3) is 0.529. The Balaban J connectivity index is 2.51. The number of hydrogen-bond acceptors (Lipinski definition) is 5. The molecule has 134 valence electrons. The maximum absolute atomic E-state index is 11.8. The standard InChI is InChI=1S/C17H25NO6/c1-3-4-5-6-14(15(19)16(20)21)18-17(22)24-11-12-7-9-13(23-2)10-8-12/h7-10,14-15,19H,3-6,11H2,1-2H3,(H,18,22)(H,20,21)/t14-,15-/m1/s1. The summed E-state index contributed by atoms with van der Waals surface area (Å²) >= 11 is 0. The number of unbranched alkanes of at least 4 members (excludes halogenated alkanes) is 2.